The van der Waals surface area contributed by atoms with Crippen molar-refractivity contribution >= 4 is 5.97 Å². The fourth-order valence-electron chi connectivity index (χ4n) is 3.58. The number of unbranched alkanes of at least 4 members (excludes halogenated alkanes) is 2. The number of aryl methyl sites for hydroxylation is 1. The maximum absolute atomic E-state index is 12.3. The largest absolute Gasteiger partial charge is 0.426 e. The molecule has 23 heavy (non-hydrogen) atoms. The average molecular weight is 316 g/mol. The van der Waals surface area contributed by atoms with Gasteiger partial charge in [-0.1, -0.05) is 58.1 Å². The van der Waals surface area contributed by atoms with Crippen molar-refractivity contribution in [3.63, 3.8) is 0 Å². The lowest BCUT2D eigenvalue weighted by Gasteiger charge is -2.27. The molecular weight excluding hydrogens is 284 g/mol. The normalized spacial score (nSPS) is 21.1. The van der Waals surface area contributed by atoms with Crippen LogP contribution in [0, 0.1) is 11.8 Å². The molecule has 1 aromatic rings. The highest BCUT2D eigenvalue weighted by Gasteiger charge is 2.27. The maximum atomic E-state index is 12.3. The smallest absolute Gasteiger partial charge is 0.314 e. The van der Waals surface area contributed by atoms with Gasteiger partial charge in [-0.25, -0.2) is 0 Å². The quantitative estimate of drug-likeness (QED) is 0.337. The van der Waals surface area contributed by atoms with E-state index in [1.165, 1.54) is 44.1 Å². The summed E-state index contributed by atoms with van der Waals surface area (Å²) in [4.78, 5) is 12.3. The Morgan fingerprint density at radius 3 is 2.30 bits per heavy atom. The van der Waals surface area contributed by atoms with Gasteiger partial charge in [0.15, 0.2) is 0 Å². The number of hydrogen-bond donors (Lipinski definition) is 0. The SMILES string of the molecule is CCCCCC1CCC(C(=O)Oc2ccc(CCC)cc2)CC1. The zero-order chi connectivity index (χ0) is 16.5. The van der Waals surface area contributed by atoms with Crippen LogP contribution in [0.15, 0.2) is 24.3 Å². The van der Waals surface area contributed by atoms with Crippen LogP contribution in [0.25, 0.3) is 0 Å². The molecule has 0 bridgehead atoms. The second kappa shape index (κ2) is 9.75. The van der Waals surface area contributed by atoms with Gasteiger partial charge in [-0.2, -0.15) is 0 Å². The predicted molar refractivity (Wildman–Crippen MR) is 95.7 cm³/mol. The Bertz CT molecular complexity index is 455. The van der Waals surface area contributed by atoms with Gasteiger partial charge in [-0.15, -0.1) is 0 Å². The molecule has 1 aromatic carbocycles. The molecule has 2 heteroatoms. The van der Waals surface area contributed by atoms with Gasteiger partial charge in [-0.05, 0) is 55.7 Å². The van der Waals surface area contributed by atoms with E-state index in [0.29, 0.717) is 5.75 Å². The summed E-state index contributed by atoms with van der Waals surface area (Å²) in [6.45, 7) is 4.42. The molecule has 0 heterocycles. The molecule has 0 aromatic heterocycles. The number of benzene rings is 1. The summed E-state index contributed by atoms with van der Waals surface area (Å²) in [6, 6.07) is 7.99. The molecule has 1 aliphatic carbocycles. The number of carbonyl (C=O) groups is 1. The van der Waals surface area contributed by atoms with Gasteiger partial charge in [0.2, 0.25) is 0 Å². The Morgan fingerprint density at radius 1 is 1.00 bits per heavy atom. The van der Waals surface area contributed by atoms with Gasteiger partial charge in [0.25, 0.3) is 0 Å². The Balaban J connectivity index is 1.74. The van der Waals surface area contributed by atoms with Gasteiger partial charge < -0.3 is 4.74 Å². The minimum atomic E-state index is -0.0275. The van der Waals surface area contributed by atoms with Crippen molar-refractivity contribution in [1.29, 1.82) is 0 Å². The number of hydrogen-bond acceptors (Lipinski definition) is 2. The van der Waals surface area contributed by atoms with E-state index in [0.717, 1.165) is 31.6 Å². The third-order valence-corrected chi connectivity index (χ3v) is 5.08. The summed E-state index contributed by atoms with van der Waals surface area (Å²) >= 11 is 0. The molecule has 1 aliphatic rings. The molecule has 0 radical (unpaired) electrons. The molecule has 0 N–H and O–H groups in total. The lowest BCUT2D eigenvalue weighted by Crippen LogP contribution is -2.25. The lowest BCUT2D eigenvalue weighted by molar-refractivity contribution is -0.140. The molecule has 0 spiro atoms. The number of ether oxygens (including phenoxy) is 1. The van der Waals surface area contributed by atoms with Crippen LogP contribution in [0.1, 0.15) is 77.2 Å². The molecule has 1 saturated carbocycles. The van der Waals surface area contributed by atoms with Crippen LogP contribution in [-0.4, -0.2) is 5.97 Å². The van der Waals surface area contributed by atoms with E-state index in [1.54, 1.807) is 0 Å². The van der Waals surface area contributed by atoms with E-state index in [2.05, 4.69) is 26.0 Å². The Hall–Kier alpha value is -1.31. The third-order valence-electron chi connectivity index (χ3n) is 5.08. The van der Waals surface area contributed by atoms with Crippen LogP contribution in [-0.2, 0) is 11.2 Å². The summed E-state index contributed by atoms with van der Waals surface area (Å²) in [5, 5.41) is 0. The van der Waals surface area contributed by atoms with Crippen molar-refractivity contribution in [1.82, 2.24) is 0 Å². The van der Waals surface area contributed by atoms with Crippen molar-refractivity contribution < 1.29 is 9.53 Å². The zero-order valence-corrected chi connectivity index (χ0v) is 14.9. The van der Waals surface area contributed by atoms with E-state index in [4.69, 9.17) is 4.74 Å². The van der Waals surface area contributed by atoms with E-state index < -0.39 is 0 Å². The topological polar surface area (TPSA) is 26.3 Å². The van der Waals surface area contributed by atoms with Crippen molar-refractivity contribution in [2.75, 3.05) is 0 Å². The first-order chi connectivity index (χ1) is 11.2. The van der Waals surface area contributed by atoms with E-state index in [1.807, 2.05) is 12.1 Å². The van der Waals surface area contributed by atoms with Gasteiger partial charge in [-0.3, -0.25) is 4.79 Å². The second-order valence-electron chi connectivity index (χ2n) is 7.03. The standard InChI is InChI=1S/C21H32O2/c1-3-5-6-8-18-9-13-19(14-10-18)21(22)23-20-15-11-17(7-4-2)12-16-20/h11-12,15-16,18-19H,3-10,13-14H2,1-2H3. The molecule has 2 nitrogen and oxygen atoms in total. The Morgan fingerprint density at radius 2 is 1.70 bits per heavy atom. The molecule has 0 amide bonds. The van der Waals surface area contributed by atoms with E-state index in [-0.39, 0.29) is 11.9 Å². The maximum Gasteiger partial charge on any atom is 0.314 e. The van der Waals surface area contributed by atoms with Crippen LogP contribution in [0.5, 0.6) is 5.75 Å². The molecular formula is C21H32O2. The van der Waals surface area contributed by atoms with Crippen LogP contribution in [0.2, 0.25) is 0 Å². The highest BCUT2D eigenvalue weighted by molar-refractivity contribution is 5.75. The van der Waals surface area contributed by atoms with E-state index in [9.17, 15) is 4.79 Å². The molecule has 2 rings (SSSR count). The summed E-state index contributed by atoms with van der Waals surface area (Å²) in [6.07, 6.45) is 11.9. The van der Waals surface area contributed by atoms with Crippen molar-refractivity contribution in [2.24, 2.45) is 11.8 Å². The lowest BCUT2D eigenvalue weighted by atomic mass is 9.80. The first-order valence-electron chi connectivity index (χ1n) is 9.53. The molecule has 0 atom stereocenters. The van der Waals surface area contributed by atoms with Crippen LogP contribution >= 0.6 is 0 Å². The highest BCUT2D eigenvalue weighted by Crippen LogP contribution is 2.33. The van der Waals surface area contributed by atoms with Gasteiger partial charge in [0.1, 0.15) is 5.75 Å². The molecule has 128 valence electrons. The van der Waals surface area contributed by atoms with Crippen molar-refractivity contribution in [3.8, 4) is 5.75 Å². The first kappa shape index (κ1) is 18.0. The van der Waals surface area contributed by atoms with E-state index >= 15 is 0 Å². The fourth-order valence-corrected chi connectivity index (χ4v) is 3.58. The Kier molecular flexibility index (Phi) is 7.64. The highest BCUT2D eigenvalue weighted by atomic mass is 16.5. The molecule has 0 unspecified atom stereocenters. The second-order valence-corrected chi connectivity index (χ2v) is 7.03. The van der Waals surface area contributed by atoms with Crippen molar-refractivity contribution in [3.05, 3.63) is 29.8 Å². The molecule has 1 fully saturated rings. The van der Waals surface area contributed by atoms with Crippen LogP contribution < -0.4 is 4.74 Å². The minimum absolute atomic E-state index is 0.0275. The molecule has 0 saturated heterocycles. The third kappa shape index (κ3) is 6.01. The first-order valence-corrected chi connectivity index (χ1v) is 9.53. The molecule has 0 aliphatic heterocycles. The summed E-state index contributed by atoms with van der Waals surface area (Å²) in [5.41, 5.74) is 1.31. The minimum Gasteiger partial charge on any atom is -0.426 e. The van der Waals surface area contributed by atoms with Gasteiger partial charge in [0, 0.05) is 0 Å². The summed E-state index contributed by atoms with van der Waals surface area (Å²) in [5.74, 6) is 1.60. The summed E-state index contributed by atoms with van der Waals surface area (Å²) < 4.78 is 5.58. The zero-order valence-electron chi connectivity index (χ0n) is 14.9. The number of rotatable bonds is 8. The fraction of sp³-hybridized carbons (Fsp3) is 0.667. The number of esters is 1. The summed E-state index contributed by atoms with van der Waals surface area (Å²) in [7, 11) is 0. The number of carbonyl (C=O) groups excluding carboxylic acids is 1. The van der Waals surface area contributed by atoms with Gasteiger partial charge in [0.05, 0.1) is 5.92 Å². The van der Waals surface area contributed by atoms with Crippen molar-refractivity contribution in [2.45, 2.75) is 78.1 Å². The van der Waals surface area contributed by atoms with Crippen LogP contribution in [0.4, 0.5) is 0 Å². The predicted octanol–water partition coefficient (Wildman–Crippen LogP) is 5.93. The monoisotopic (exact) mass is 316 g/mol. The Labute approximate surface area is 141 Å². The van der Waals surface area contributed by atoms with Gasteiger partial charge >= 0.3 is 5.97 Å². The average Bonchev–Trinajstić information content (AvgIpc) is 2.58. The van der Waals surface area contributed by atoms with Crippen LogP contribution in [0.3, 0.4) is 0 Å².